The minimum Gasteiger partial charge on any atom is -0.481 e. The number of carbonyl (C=O) groups excluding carboxylic acids is 6. The number of piperidine rings is 1. The Morgan fingerprint density at radius 1 is 0.812 bits per heavy atom. The number of benzene rings is 4. The van der Waals surface area contributed by atoms with Gasteiger partial charge in [0.25, 0.3) is 10.1 Å². The molecule has 4 aromatic carbocycles. The van der Waals surface area contributed by atoms with Crippen molar-refractivity contribution in [3.8, 4) is 0 Å². The Kier molecular flexibility index (Phi) is 25.3. The van der Waals surface area contributed by atoms with Crippen LogP contribution >= 0.6 is 0 Å². The summed E-state index contributed by atoms with van der Waals surface area (Å²) in [6.45, 7) is 15.7. The van der Waals surface area contributed by atoms with E-state index in [1.807, 2.05) is 24.3 Å². The van der Waals surface area contributed by atoms with E-state index in [0.29, 0.717) is 55.3 Å². The Morgan fingerprint density at radius 2 is 1.48 bits per heavy atom. The molecule has 0 aromatic heterocycles. The molecule has 96 heavy (non-hydrogen) atoms. The zero-order valence-corrected chi connectivity index (χ0v) is 57.3. The topological polar surface area (TPSA) is 405 Å². The third kappa shape index (κ3) is 17.9. The Bertz CT molecular complexity index is 4190. The van der Waals surface area contributed by atoms with E-state index >= 15 is 0 Å². The first-order chi connectivity index (χ1) is 45.8. The maximum absolute atomic E-state index is 14.6. The number of carboxylic acids is 1. The molecule has 2 bridgehead atoms. The van der Waals surface area contributed by atoms with Gasteiger partial charge in [-0.05, 0) is 131 Å². The van der Waals surface area contributed by atoms with Gasteiger partial charge < -0.3 is 47.2 Å². The lowest BCUT2D eigenvalue weighted by Gasteiger charge is -2.42. The molecule has 6 amide bonds. The molecule has 0 aliphatic carbocycles. The van der Waals surface area contributed by atoms with Gasteiger partial charge in [-0.15, -0.1) is 25.3 Å². The summed E-state index contributed by atoms with van der Waals surface area (Å²) in [5, 5.41) is 26.6. The van der Waals surface area contributed by atoms with Crippen molar-refractivity contribution in [3.63, 3.8) is 0 Å². The predicted octanol–water partition coefficient (Wildman–Crippen LogP) is 4.64. The second kappa shape index (κ2) is 32.6. The molecule has 27 nitrogen and oxygen atoms in total. The molecule has 0 saturated carbocycles. The lowest BCUT2D eigenvalue weighted by atomic mass is 9.79. The number of nitrogens with two attached hydrogens (primary N) is 1. The van der Waals surface area contributed by atoms with Crippen molar-refractivity contribution in [2.75, 3.05) is 37.6 Å². The summed E-state index contributed by atoms with van der Waals surface area (Å²) in [6, 6.07) is 14.0. The zero-order chi connectivity index (χ0) is 71.9. The maximum Gasteiger partial charge on any atom is 0.425 e. The van der Waals surface area contributed by atoms with Crippen LogP contribution < -0.4 is 37.2 Å². The number of aryl methyl sites for hydroxylation is 1. The fraction of sp³-hybridized carbons (Fsp3) is 0.470. The highest BCUT2D eigenvalue weighted by Crippen LogP contribution is 2.51. The number of anilines is 1. The highest BCUT2D eigenvalue weighted by Gasteiger charge is 2.51. The van der Waals surface area contributed by atoms with Crippen molar-refractivity contribution in [2.45, 2.75) is 166 Å². The van der Waals surface area contributed by atoms with Crippen molar-refractivity contribution < 1.29 is 82.8 Å². The number of amides is 6. The monoisotopic (exact) mass is 1390 g/mol. The summed E-state index contributed by atoms with van der Waals surface area (Å²) in [6.07, 6.45) is 13.0. The van der Waals surface area contributed by atoms with E-state index in [0.717, 1.165) is 23.5 Å². The van der Waals surface area contributed by atoms with Crippen LogP contribution in [0.1, 0.15) is 131 Å². The number of likely N-dealkylation sites (N-methyl/N-ethyl adjacent to an activating group) is 1. The molecule has 5 aliphatic heterocycles. The fourth-order valence-corrected chi connectivity index (χ4v) is 14.5. The summed E-state index contributed by atoms with van der Waals surface area (Å²) in [7, 11) is -9.51. The number of nitrogens with one attached hydrogen (secondary N) is 5. The van der Waals surface area contributed by atoms with E-state index in [2.05, 4.69) is 131 Å². The van der Waals surface area contributed by atoms with Crippen LogP contribution in [0.5, 0.6) is 0 Å². The molecule has 30 heteroatoms. The molecule has 0 unspecified atom stereocenters. The van der Waals surface area contributed by atoms with E-state index < -0.39 is 121 Å². The van der Waals surface area contributed by atoms with Crippen LogP contribution in [-0.2, 0) is 75.7 Å². The van der Waals surface area contributed by atoms with Gasteiger partial charge in [0.1, 0.15) is 35.6 Å². The smallest absolute Gasteiger partial charge is 0.425 e. The average Bonchev–Trinajstić information content (AvgIpc) is 1.59. The van der Waals surface area contributed by atoms with Crippen LogP contribution in [0.25, 0.3) is 21.5 Å². The van der Waals surface area contributed by atoms with E-state index in [-0.39, 0.29) is 55.0 Å². The third-order valence-corrected chi connectivity index (χ3v) is 18.8. The normalized spacial score (nSPS) is 22.0. The van der Waals surface area contributed by atoms with Gasteiger partial charge in [0, 0.05) is 85.7 Å². The minimum atomic E-state index is -4.54. The predicted molar refractivity (Wildman–Crippen MR) is 359 cm³/mol. The van der Waals surface area contributed by atoms with Crippen LogP contribution in [-0.4, -0.2) is 169 Å². The molecule has 5 heterocycles. The van der Waals surface area contributed by atoms with Crippen molar-refractivity contribution in [1.29, 1.82) is 0 Å². The second-order valence-electron chi connectivity index (χ2n) is 24.9. The third-order valence-electron chi connectivity index (χ3n) is 17.9. The first-order valence-electron chi connectivity index (χ1n) is 32.1. The standard InChI is InChI=1S/C65H80N10O11S.CH4.2O3S/c1-8-73-48-30-27-42-38(2)18-15-19-44(42)57(48)64(4,5)52(73)23-11-9-12-24-53-65(6,7)58-45-20-16-22-51(87(84,85)86)43(45)28-31-49(58)74(53)33-14-10-13-25-54(76)68-36-40-34-41-26-29-50-62(82)71-46(21-17-32-67-39(3)66)60(80)69-37-55(77)70-47(35-56(78)79)61(81)72-59(40)63(83)75(41)50;;2*1-4(2)3/h9,11-12,15-16,18-20,22-24,27-28,30-31,40-41,46-47,50,59H,8,10,13-14,17,21,25-26,29,32-37H2,1-7H3,(H8-,66,67,68,69,70,71,72,76,77,78,79,80,81,82,84,85,86);1H4;;/p+1/t40-,41-,46-,47-,50-,59+;;;/m0.../s1/i;1D;;. The highest BCUT2D eigenvalue weighted by molar-refractivity contribution is 7.86. The van der Waals surface area contributed by atoms with Gasteiger partial charge >= 0.3 is 27.2 Å². The first-order valence-corrected chi connectivity index (χ1v) is 34.6. The average molecular weight is 1390 g/mol. The van der Waals surface area contributed by atoms with Gasteiger partial charge in [0.05, 0.1) is 24.2 Å². The van der Waals surface area contributed by atoms with Gasteiger partial charge in [-0.1, -0.05) is 75.9 Å². The number of amidine groups is 1. The fourth-order valence-electron chi connectivity index (χ4n) is 13.8. The van der Waals surface area contributed by atoms with Gasteiger partial charge in [-0.3, -0.25) is 43.1 Å². The molecule has 6 atom stereocenters. The molecular formula is C66H85N10O17S3+. The van der Waals surface area contributed by atoms with E-state index in [4.69, 9.17) is 32.4 Å². The lowest BCUT2D eigenvalue weighted by Crippen LogP contribution is -2.65. The SMILES string of the molecule is CCN1C(=CC=CC=CC2=[N+](CCCCCC(=O)NC[C@@H]3C[C@@H]4CC[C@H]5C(=O)N[C@@H](CCCN=C(C)N)C(=O)NCC(=O)N[C@@H](CC(=O)O)C(=O)N[C@H]3C(=O)N45)c3ccc4c(S(=O)(=O)O)cccc4c3C2(C)C)C(C)(C)c2c1ccc1c(C)cccc21.O=S(=O)=O.O=S(=O)=O.[2H]C. The molecule has 3 saturated heterocycles. The molecule has 3 fully saturated rings. The summed E-state index contributed by atoms with van der Waals surface area (Å²) in [5.74, 6) is -5.74. The van der Waals surface area contributed by atoms with Crippen LogP contribution in [0.2, 0.25) is 0 Å². The van der Waals surface area contributed by atoms with Crippen LogP contribution in [0.3, 0.4) is 0 Å². The molecule has 4 aromatic rings. The number of hydrogen-bond donors (Lipinski definition) is 8. The molecule has 9 rings (SSSR count). The van der Waals surface area contributed by atoms with E-state index in [1.54, 1.807) is 19.1 Å². The number of allylic oxidation sites excluding steroid dienone is 6. The second-order valence-corrected chi connectivity index (χ2v) is 27.1. The molecular weight excluding hydrogens is 1300 g/mol. The summed E-state index contributed by atoms with van der Waals surface area (Å²) in [4.78, 5) is 102. The molecule has 9 N–H and O–H groups in total. The molecule has 0 spiro atoms. The number of aliphatic imine (C=N–C) groups is 1. The minimum absolute atomic E-state index is 0.0276. The highest BCUT2D eigenvalue weighted by atomic mass is 32.2. The number of nitrogens with zero attached hydrogens (tertiary/aromatic N) is 4. The van der Waals surface area contributed by atoms with Crippen LogP contribution in [0, 0.1) is 12.8 Å². The number of hydrogen-bond acceptors (Lipinski definition) is 17. The summed E-state index contributed by atoms with van der Waals surface area (Å²) < 4.78 is 94.2. The zero-order valence-electron chi connectivity index (χ0n) is 55.8. The van der Waals surface area contributed by atoms with Gasteiger partial charge in [-0.2, -0.15) is 13.0 Å². The molecule has 518 valence electrons. The van der Waals surface area contributed by atoms with E-state index in [1.165, 1.54) is 51.7 Å². The Balaban J connectivity index is 0.00000140. The van der Waals surface area contributed by atoms with Gasteiger partial charge in [-0.25, -0.2) is 0 Å². The molecule has 5 aliphatic rings. The summed E-state index contributed by atoms with van der Waals surface area (Å²) in [5.41, 5.74) is 12.5. The van der Waals surface area contributed by atoms with Crippen molar-refractivity contribution in [3.05, 3.63) is 113 Å². The maximum atomic E-state index is 14.6. The van der Waals surface area contributed by atoms with Gasteiger partial charge in [0.15, 0.2) is 5.71 Å². The first kappa shape index (κ1) is 74.4. The van der Waals surface area contributed by atoms with Crippen LogP contribution in [0.4, 0.5) is 11.4 Å². The number of aliphatic carboxylic acids is 1. The Morgan fingerprint density at radius 3 is 2.14 bits per heavy atom. The van der Waals surface area contributed by atoms with Crippen molar-refractivity contribution >= 4 is 117 Å². The number of unbranched alkanes of at least 4 members (excludes halogenated alkanes) is 2. The Labute approximate surface area is 562 Å². The lowest BCUT2D eigenvalue weighted by molar-refractivity contribution is -0.438. The van der Waals surface area contributed by atoms with Gasteiger partial charge in [0.2, 0.25) is 41.1 Å². The number of carboxylic acid groups (broad SMARTS) is 1. The Hall–Kier alpha value is -9.00. The van der Waals surface area contributed by atoms with Crippen molar-refractivity contribution in [1.82, 2.24) is 31.5 Å². The van der Waals surface area contributed by atoms with E-state index in [9.17, 15) is 51.6 Å². The van der Waals surface area contributed by atoms with Crippen LogP contribution in [0.15, 0.2) is 107 Å². The number of rotatable bonds is 19. The summed E-state index contributed by atoms with van der Waals surface area (Å²) >= 11 is 0. The molecule has 0 radical (unpaired) electrons. The number of carbonyl (C=O) groups is 7. The quantitative estimate of drug-likeness (QED) is 0.0158. The van der Waals surface area contributed by atoms with Crippen molar-refractivity contribution in [2.24, 2.45) is 16.6 Å². The largest absolute Gasteiger partial charge is 0.481 e. The number of fused-ring (bicyclic) bond motifs is 7.